The SMILES string of the molecule is CN1C(c2ccccc2-n2c3ccccc3c3ccccc32)NN2C=CC=C(c3ccc4c(c3)c3ccccc3n4-c3ccccc3)C21. The van der Waals surface area contributed by atoms with Crippen molar-refractivity contribution in [3.05, 3.63) is 175 Å². The number of allylic oxidation sites excluding steroid dienone is 2. The van der Waals surface area contributed by atoms with Gasteiger partial charge < -0.3 is 9.13 Å². The van der Waals surface area contributed by atoms with Gasteiger partial charge >= 0.3 is 0 Å². The van der Waals surface area contributed by atoms with Gasteiger partial charge in [0.05, 0.1) is 27.8 Å². The number of hydrazine groups is 1. The molecule has 0 radical (unpaired) electrons. The summed E-state index contributed by atoms with van der Waals surface area (Å²) in [5.41, 5.74) is 14.8. The van der Waals surface area contributed by atoms with E-state index >= 15 is 0 Å². The summed E-state index contributed by atoms with van der Waals surface area (Å²) in [6, 6.07) is 52.6. The Hall–Kier alpha value is -5.88. The van der Waals surface area contributed by atoms with E-state index in [1.165, 1.54) is 71.7 Å². The Bertz CT molecular complexity index is 2530. The van der Waals surface area contributed by atoms with Crippen molar-refractivity contribution in [3.8, 4) is 11.4 Å². The molecule has 1 N–H and O–H groups in total. The monoisotopic (exact) mass is 619 g/mol. The first-order chi connectivity index (χ1) is 23.8. The van der Waals surface area contributed by atoms with Crippen molar-refractivity contribution < 1.29 is 0 Å². The Morgan fingerprint density at radius 2 is 1.12 bits per heavy atom. The molecule has 1 saturated heterocycles. The fourth-order valence-electron chi connectivity index (χ4n) is 8.11. The number of aromatic nitrogens is 2. The minimum absolute atomic E-state index is 0.0196. The van der Waals surface area contributed by atoms with Crippen molar-refractivity contribution >= 4 is 49.2 Å². The fourth-order valence-corrected chi connectivity index (χ4v) is 8.11. The lowest BCUT2D eigenvalue weighted by Crippen LogP contribution is -2.38. The van der Waals surface area contributed by atoms with Crippen LogP contribution in [-0.4, -0.2) is 32.3 Å². The summed E-state index contributed by atoms with van der Waals surface area (Å²) in [7, 11) is 2.23. The second-order valence-corrected chi connectivity index (χ2v) is 12.8. The normalized spacial score (nSPS) is 17.9. The molecule has 0 spiro atoms. The predicted molar refractivity (Wildman–Crippen MR) is 198 cm³/mol. The average molecular weight is 620 g/mol. The lowest BCUT2D eigenvalue weighted by molar-refractivity contribution is 0.234. The third-order valence-corrected chi connectivity index (χ3v) is 10.2. The lowest BCUT2D eigenvalue weighted by Gasteiger charge is -2.31. The number of likely N-dealkylation sites (N-methyl/N-ethyl adjacent to an activating group) is 1. The molecular formula is C43H33N5. The predicted octanol–water partition coefficient (Wildman–Crippen LogP) is 9.57. The summed E-state index contributed by atoms with van der Waals surface area (Å²) in [4.78, 5) is 2.46. The van der Waals surface area contributed by atoms with E-state index in [4.69, 9.17) is 0 Å². The molecule has 4 heterocycles. The molecule has 0 aliphatic carbocycles. The van der Waals surface area contributed by atoms with E-state index in [-0.39, 0.29) is 12.3 Å². The highest BCUT2D eigenvalue weighted by molar-refractivity contribution is 6.11. The molecule has 2 aromatic heterocycles. The van der Waals surface area contributed by atoms with Crippen LogP contribution in [0.2, 0.25) is 0 Å². The van der Waals surface area contributed by atoms with E-state index in [1.54, 1.807) is 0 Å². The summed E-state index contributed by atoms with van der Waals surface area (Å²) in [6.07, 6.45) is 6.57. The smallest absolute Gasteiger partial charge is 0.124 e. The highest BCUT2D eigenvalue weighted by Gasteiger charge is 2.40. The first-order valence-corrected chi connectivity index (χ1v) is 16.6. The van der Waals surface area contributed by atoms with E-state index in [0.29, 0.717) is 0 Å². The molecule has 0 bridgehead atoms. The van der Waals surface area contributed by atoms with Crippen LogP contribution in [0.3, 0.4) is 0 Å². The van der Waals surface area contributed by atoms with Gasteiger partial charge in [-0.1, -0.05) is 103 Å². The maximum absolute atomic E-state index is 3.86. The van der Waals surface area contributed by atoms with Gasteiger partial charge in [-0.2, -0.15) is 0 Å². The van der Waals surface area contributed by atoms with E-state index in [0.717, 1.165) is 0 Å². The Kier molecular flexibility index (Phi) is 6.00. The summed E-state index contributed by atoms with van der Waals surface area (Å²) in [5, 5.41) is 7.32. The molecular weight excluding hydrogens is 587 g/mol. The van der Waals surface area contributed by atoms with Crippen LogP contribution in [0.5, 0.6) is 0 Å². The molecule has 2 unspecified atom stereocenters. The summed E-state index contributed by atoms with van der Waals surface area (Å²) in [5.74, 6) is 0. The second kappa shape index (κ2) is 10.6. The first-order valence-electron chi connectivity index (χ1n) is 16.6. The van der Waals surface area contributed by atoms with Gasteiger partial charge in [0.15, 0.2) is 0 Å². The molecule has 8 aromatic rings. The fraction of sp³-hybridized carbons (Fsp3) is 0.0698. The van der Waals surface area contributed by atoms with Crippen LogP contribution in [0, 0.1) is 0 Å². The molecule has 6 aromatic carbocycles. The topological polar surface area (TPSA) is 28.4 Å². The van der Waals surface area contributed by atoms with Crippen LogP contribution in [0.4, 0.5) is 0 Å². The Balaban J connectivity index is 1.08. The highest BCUT2D eigenvalue weighted by Crippen LogP contribution is 2.42. The van der Waals surface area contributed by atoms with Crippen LogP contribution in [0.1, 0.15) is 17.3 Å². The molecule has 2 atom stereocenters. The summed E-state index contributed by atoms with van der Waals surface area (Å²) >= 11 is 0. The van der Waals surface area contributed by atoms with Crippen molar-refractivity contribution in [2.45, 2.75) is 12.3 Å². The largest absolute Gasteiger partial charge is 0.309 e. The van der Waals surface area contributed by atoms with Gasteiger partial charge in [0, 0.05) is 39.0 Å². The molecule has 5 nitrogen and oxygen atoms in total. The van der Waals surface area contributed by atoms with Crippen LogP contribution >= 0.6 is 0 Å². The molecule has 10 rings (SSSR count). The Labute approximate surface area is 278 Å². The number of para-hydroxylation sites is 5. The maximum atomic E-state index is 3.86. The quantitative estimate of drug-likeness (QED) is 0.213. The number of hydrogen-bond donors (Lipinski definition) is 1. The van der Waals surface area contributed by atoms with E-state index in [2.05, 4.69) is 195 Å². The van der Waals surface area contributed by atoms with Gasteiger partial charge in [0.25, 0.3) is 0 Å². The van der Waals surface area contributed by atoms with Crippen molar-refractivity contribution in [1.82, 2.24) is 24.5 Å². The molecule has 0 amide bonds. The van der Waals surface area contributed by atoms with Crippen molar-refractivity contribution in [1.29, 1.82) is 0 Å². The summed E-state index contributed by atoms with van der Waals surface area (Å²) < 4.78 is 4.80. The third-order valence-electron chi connectivity index (χ3n) is 10.2. The van der Waals surface area contributed by atoms with E-state index < -0.39 is 0 Å². The number of nitrogens with one attached hydrogen (secondary N) is 1. The van der Waals surface area contributed by atoms with E-state index in [1.807, 2.05) is 0 Å². The third kappa shape index (κ3) is 3.92. The van der Waals surface area contributed by atoms with Crippen LogP contribution in [0.15, 0.2) is 164 Å². The zero-order valence-electron chi connectivity index (χ0n) is 26.5. The molecule has 2 aliphatic rings. The molecule has 2 aliphatic heterocycles. The number of fused-ring (bicyclic) bond motifs is 7. The first kappa shape index (κ1) is 27.3. The van der Waals surface area contributed by atoms with Gasteiger partial charge in [-0.25, -0.2) is 5.43 Å². The molecule has 230 valence electrons. The van der Waals surface area contributed by atoms with Crippen LogP contribution in [0.25, 0.3) is 60.6 Å². The zero-order chi connectivity index (χ0) is 31.8. The standard InChI is InChI=1S/C43H33N5/c1-45-42(35-19-8-12-24-40(35)48-38-22-10-5-16-32(38)33-17-6-11-23-39(33)48)44-46-27-13-20-31(43(45)46)29-25-26-41-36(28-29)34-18-7-9-21-37(34)47(41)30-14-3-2-4-15-30/h2-28,42-44H,1H3. The van der Waals surface area contributed by atoms with Gasteiger partial charge in [0.1, 0.15) is 12.3 Å². The maximum Gasteiger partial charge on any atom is 0.124 e. The average Bonchev–Trinajstić information content (AvgIpc) is 3.79. The van der Waals surface area contributed by atoms with Crippen LogP contribution < -0.4 is 5.43 Å². The van der Waals surface area contributed by atoms with Gasteiger partial charge in [-0.3, -0.25) is 9.91 Å². The lowest BCUT2D eigenvalue weighted by atomic mass is 9.97. The summed E-state index contributed by atoms with van der Waals surface area (Å²) in [6.45, 7) is 0. The molecule has 48 heavy (non-hydrogen) atoms. The Morgan fingerprint density at radius 3 is 1.85 bits per heavy atom. The van der Waals surface area contributed by atoms with Crippen molar-refractivity contribution in [2.24, 2.45) is 0 Å². The minimum atomic E-state index is -0.0407. The van der Waals surface area contributed by atoms with Crippen LogP contribution in [-0.2, 0) is 0 Å². The highest BCUT2D eigenvalue weighted by atomic mass is 15.7. The van der Waals surface area contributed by atoms with Gasteiger partial charge in [0.2, 0.25) is 0 Å². The number of rotatable bonds is 4. The second-order valence-electron chi connectivity index (χ2n) is 12.8. The van der Waals surface area contributed by atoms with Crippen molar-refractivity contribution in [2.75, 3.05) is 7.05 Å². The molecule has 5 heteroatoms. The van der Waals surface area contributed by atoms with Gasteiger partial charge in [-0.15, -0.1) is 0 Å². The number of benzene rings is 6. The minimum Gasteiger partial charge on any atom is -0.309 e. The number of nitrogens with zero attached hydrogens (tertiary/aromatic N) is 4. The molecule has 0 saturated carbocycles. The van der Waals surface area contributed by atoms with E-state index in [9.17, 15) is 0 Å². The molecule has 1 fully saturated rings. The van der Waals surface area contributed by atoms with Crippen molar-refractivity contribution in [3.63, 3.8) is 0 Å². The zero-order valence-corrected chi connectivity index (χ0v) is 26.5. The van der Waals surface area contributed by atoms with Gasteiger partial charge in [-0.05, 0) is 72.8 Å². The Morgan fingerprint density at radius 1 is 0.542 bits per heavy atom. The number of hydrogen-bond acceptors (Lipinski definition) is 3.